The third kappa shape index (κ3) is 4.15. The number of benzene rings is 1. The van der Waals surface area contributed by atoms with Gasteiger partial charge in [-0.15, -0.1) is 0 Å². The number of nitrogen functional groups attached to an aromatic ring is 1. The molecular formula is C11H14F3N3O. The van der Waals surface area contributed by atoms with E-state index in [1.165, 1.54) is 25.2 Å². The summed E-state index contributed by atoms with van der Waals surface area (Å²) in [5.74, 6) is -0.325. The number of carbonyl (C=O) groups is 1. The van der Waals surface area contributed by atoms with Crippen LogP contribution in [0.15, 0.2) is 18.2 Å². The lowest BCUT2D eigenvalue weighted by Crippen LogP contribution is -2.19. The van der Waals surface area contributed by atoms with Crippen LogP contribution >= 0.6 is 0 Å². The summed E-state index contributed by atoms with van der Waals surface area (Å²) in [6.45, 7) is -0.287. The lowest BCUT2D eigenvalue weighted by atomic mass is 10.1. The van der Waals surface area contributed by atoms with Gasteiger partial charge in [0.2, 0.25) is 0 Å². The number of carbonyl (C=O) groups excluding carboxylic acids is 1. The minimum Gasteiger partial charge on any atom is -0.397 e. The molecule has 0 aromatic heterocycles. The molecule has 0 aliphatic heterocycles. The van der Waals surface area contributed by atoms with Crippen LogP contribution in [0.5, 0.6) is 0 Å². The molecule has 4 nitrogen and oxygen atoms in total. The largest absolute Gasteiger partial charge is 0.397 e. The van der Waals surface area contributed by atoms with Crippen LogP contribution in [-0.4, -0.2) is 25.7 Å². The van der Waals surface area contributed by atoms with Gasteiger partial charge in [-0.2, -0.15) is 13.2 Å². The highest BCUT2D eigenvalue weighted by Gasteiger charge is 2.26. The first kappa shape index (κ1) is 14.1. The molecule has 0 aliphatic rings. The van der Waals surface area contributed by atoms with Crippen molar-refractivity contribution in [3.63, 3.8) is 0 Å². The maximum atomic E-state index is 12.0. The molecule has 0 bridgehead atoms. The molecule has 0 heterocycles. The van der Waals surface area contributed by atoms with E-state index in [1.54, 1.807) is 0 Å². The predicted molar refractivity (Wildman–Crippen MR) is 63.4 cm³/mol. The average Bonchev–Trinajstić information content (AvgIpc) is 2.29. The smallest absolute Gasteiger partial charge is 0.390 e. The summed E-state index contributed by atoms with van der Waals surface area (Å²) < 4.78 is 36.0. The van der Waals surface area contributed by atoms with Crippen molar-refractivity contribution in [2.75, 3.05) is 24.6 Å². The van der Waals surface area contributed by atoms with Crippen LogP contribution in [0.25, 0.3) is 0 Å². The van der Waals surface area contributed by atoms with E-state index in [0.717, 1.165) is 0 Å². The maximum absolute atomic E-state index is 12.0. The van der Waals surface area contributed by atoms with Crippen molar-refractivity contribution in [3.8, 4) is 0 Å². The number of nitrogens with two attached hydrogens (primary N) is 1. The maximum Gasteiger partial charge on any atom is 0.390 e. The van der Waals surface area contributed by atoms with Gasteiger partial charge in [0.15, 0.2) is 0 Å². The first-order valence-corrected chi connectivity index (χ1v) is 5.25. The summed E-state index contributed by atoms with van der Waals surface area (Å²) in [6.07, 6.45) is -5.18. The molecule has 0 unspecified atom stereocenters. The van der Waals surface area contributed by atoms with E-state index in [4.69, 9.17) is 5.73 Å². The van der Waals surface area contributed by atoms with Gasteiger partial charge in [0.25, 0.3) is 5.91 Å². The van der Waals surface area contributed by atoms with Gasteiger partial charge in [-0.3, -0.25) is 4.79 Å². The van der Waals surface area contributed by atoms with Crippen LogP contribution in [-0.2, 0) is 0 Å². The Hall–Kier alpha value is -1.92. The van der Waals surface area contributed by atoms with Crippen LogP contribution in [0.2, 0.25) is 0 Å². The lowest BCUT2D eigenvalue weighted by Gasteiger charge is -2.12. The van der Waals surface area contributed by atoms with E-state index in [-0.39, 0.29) is 12.5 Å². The van der Waals surface area contributed by atoms with Gasteiger partial charge in [0.1, 0.15) is 0 Å². The van der Waals surface area contributed by atoms with Crippen molar-refractivity contribution in [3.05, 3.63) is 23.8 Å². The van der Waals surface area contributed by atoms with Crippen LogP contribution in [0, 0.1) is 0 Å². The van der Waals surface area contributed by atoms with Crippen LogP contribution in [0.1, 0.15) is 16.8 Å². The van der Waals surface area contributed by atoms with Crippen molar-refractivity contribution < 1.29 is 18.0 Å². The van der Waals surface area contributed by atoms with Crippen molar-refractivity contribution in [2.24, 2.45) is 0 Å². The standard InChI is InChI=1S/C11H14F3N3O/c1-16-10(18)7-2-3-8(15)9(6-7)17-5-4-11(12,13)14/h2-3,6,17H,4-5,15H2,1H3,(H,16,18). The van der Waals surface area contributed by atoms with Crippen LogP contribution in [0.4, 0.5) is 24.5 Å². The molecule has 100 valence electrons. The van der Waals surface area contributed by atoms with Gasteiger partial charge in [0.05, 0.1) is 17.8 Å². The highest BCUT2D eigenvalue weighted by atomic mass is 19.4. The molecule has 7 heteroatoms. The Balaban J connectivity index is 2.73. The van der Waals surface area contributed by atoms with E-state index >= 15 is 0 Å². The highest BCUT2D eigenvalue weighted by molar-refractivity contribution is 5.96. The molecule has 1 amide bonds. The second-order valence-corrected chi connectivity index (χ2v) is 3.67. The first-order valence-electron chi connectivity index (χ1n) is 5.25. The van der Waals surface area contributed by atoms with E-state index in [1.807, 2.05) is 0 Å². The Labute approximate surface area is 102 Å². The lowest BCUT2D eigenvalue weighted by molar-refractivity contribution is -0.131. The summed E-state index contributed by atoms with van der Waals surface area (Å²) in [4.78, 5) is 11.4. The number of alkyl halides is 3. The molecule has 18 heavy (non-hydrogen) atoms. The van der Waals surface area contributed by atoms with E-state index in [2.05, 4.69) is 10.6 Å². The third-order valence-electron chi connectivity index (χ3n) is 2.27. The van der Waals surface area contributed by atoms with Gasteiger partial charge in [-0.25, -0.2) is 0 Å². The van der Waals surface area contributed by atoms with Gasteiger partial charge >= 0.3 is 6.18 Å². The quantitative estimate of drug-likeness (QED) is 0.726. The topological polar surface area (TPSA) is 67.2 Å². The number of hydrogen-bond donors (Lipinski definition) is 3. The fourth-order valence-corrected chi connectivity index (χ4v) is 1.33. The summed E-state index contributed by atoms with van der Waals surface area (Å²) in [5.41, 5.74) is 6.56. The minimum absolute atomic E-state index is 0.287. The summed E-state index contributed by atoms with van der Waals surface area (Å²) in [7, 11) is 1.47. The monoisotopic (exact) mass is 261 g/mol. The molecular weight excluding hydrogens is 247 g/mol. The Kier molecular flexibility index (Phi) is 4.41. The fourth-order valence-electron chi connectivity index (χ4n) is 1.33. The first-order chi connectivity index (χ1) is 8.33. The second-order valence-electron chi connectivity index (χ2n) is 3.67. The summed E-state index contributed by atoms with van der Waals surface area (Å²) in [5, 5.41) is 4.98. The van der Waals surface area contributed by atoms with E-state index in [9.17, 15) is 18.0 Å². The molecule has 4 N–H and O–H groups in total. The molecule has 0 saturated heterocycles. The molecule has 0 spiro atoms. The van der Waals surface area contributed by atoms with Crippen molar-refractivity contribution in [2.45, 2.75) is 12.6 Å². The van der Waals surface area contributed by atoms with Gasteiger partial charge in [-0.1, -0.05) is 0 Å². The number of halogens is 3. The predicted octanol–water partition coefficient (Wildman–Crippen LogP) is 1.99. The zero-order valence-electron chi connectivity index (χ0n) is 9.77. The van der Waals surface area contributed by atoms with E-state index in [0.29, 0.717) is 16.9 Å². The zero-order valence-corrected chi connectivity index (χ0v) is 9.77. The third-order valence-corrected chi connectivity index (χ3v) is 2.27. The molecule has 0 saturated carbocycles. The number of anilines is 2. The summed E-state index contributed by atoms with van der Waals surface area (Å²) >= 11 is 0. The minimum atomic E-state index is -4.22. The van der Waals surface area contributed by atoms with Gasteiger partial charge in [0, 0.05) is 19.2 Å². The molecule has 1 aromatic rings. The second kappa shape index (κ2) is 5.61. The Morgan fingerprint density at radius 1 is 1.39 bits per heavy atom. The molecule has 1 rings (SSSR count). The summed E-state index contributed by atoms with van der Waals surface area (Å²) in [6, 6.07) is 4.40. The Morgan fingerprint density at radius 2 is 2.06 bits per heavy atom. The average molecular weight is 261 g/mol. The zero-order chi connectivity index (χ0) is 13.8. The molecule has 0 atom stereocenters. The molecule has 1 aromatic carbocycles. The normalized spacial score (nSPS) is 11.1. The van der Waals surface area contributed by atoms with Crippen LogP contribution < -0.4 is 16.4 Å². The molecule has 0 fully saturated rings. The number of amides is 1. The van der Waals surface area contributed by atoms with Gasteiger partial charge in [-0.05, 0) is 18.2 Å². The number of hydrogen-bond acceptors (Lipinski definition) is 3. The highest BCUT2D eigenvalue weighted by Crippen LogP contribution is 2.23. The SMILES string of the molecule is CNC(=O)c1ccc(N)c(NCCC(F)(F)F)c1. The van der Waals surface area contributed by atoms with Gasteiger partial charge < -0.3 is 16.4 Å². The van der Waals surface area contributed by atoms with Crippen molar-refractivity contribution >= 4 is 17.3 Å². The Bertz CT molecular complexity index is 432. The molecule has 0 aliphatic carbocycles. The van der Waals surface area contributed by atoms with E-state index < -0.39 is 12.6 Å². The number of nitrogens with one attached hydrogen (secondary N) is 2. The van der Waals surface area contributed by atoms with Crippen molar-refractivity contribution in [1.29, 1.82) is 0 Å². The van der Waals surface area contributed by atoms with Crippen LogP contribution in [0.3, 0.4) is 0 Å². The Morgan fingerprint density at radius 3 is 2.61 bits per heavy atom. The number of rotatable bonds is 4. The molecule has 0 radical (unpaired) electrons. The fraction of sp³-hybridized carbons (Fsp3) is 0.364. The van der Waals surface area contributed by atoms with Crippen molar-refractivity contribution in [1.82, 2.24) is 5.32 Å².